The summed E-state index contributed by atoms with van der Waals surface area (Å²) in [6.07, 6.45) is 3.26. The van der Waals surface area contributed by atoms with E-state index in [4.69, 9.17) is 0 Å². The summed E-state index contributed by atoms with van der Waals surface area (Å²) in [6, 6.07) is 1.74. The average Bonchev–Trinajstić information content (AvgIpc) is 2.85. The Labute approximate surface area is 119 Å². The highest BCUT2D eigenvalue weighted by atomic mass is 32.1. The van der Waals surface area contributed by atoms with Crippen LogP contribution in [0.4, 0.5) is 5.13 Å². The Kier molecular flexibility index (Phi) is 4.41. The first kappa shape index (κ1) is 14.1. The smallest absolute Gasteiger partial charge is 0.311 e. The van der Waals surface area contributed by atoms with Crippen LogP contribution < -0.4 is 5.32 Å². The van der Waals surface area contributed by atoms with E-state index in [2.05, 4.69) is 20.0 Å². The van der Waals surface area contributed by atoms with Crippen LogP contribution in [0.2, 0.25) is 0 Å². The molecule has 0 aliphatic carbocycles. The molecule has 1 N–H and O–H groups in total. The van der Waals surface area contributed by atoms with E-state index in [0.717, 1.165) is 5.56 Å². The summed E-state index contributed by atoms with van der Waals surface area (Å²) in [5.74, 6) is -0.642. The van der Waals surface area contributed by atoms with Crippen molar-refractivity contribution < 1.29 is 14.3 Å². The lowest BCUT2D eigenvalue weighted by atomic mass is 10.2. The van der Waals surface area contributed by atoms with Gasteiger partial charge in [0.1, 0.15) is 0 Å². The van der Waals surface area contributed by atoms with Crippen LogP contribution in [0.3, 0.4) is 0 Å². The molecule has 2 aromatic rings. The van der Waals surface area contributed by atoms with Crippen LogP contribution in [0.5, 0.6) is 0 Å². The van der Waals surface area contributed by atoms with Gasteiger partial charge in [0.2, 0.25) is 0 Å². The Hall–Kier alpha value is -2.28. The molecule has 6 nitrogen and oxygen atoms in total. The fourth-order valence-electron chi connectivity index (χ4n) is 1.51. The first-order valence-electron chi connectivity index (χ1n) is 5.82. The molecule has 0 aromatic carbocycles. The van der Waals surface area contributed by atoms with Gasteiger partial charge in [-0.1, -0.05) is 0 Å². The van der Waals surface area contributed by atoms with Crippen molar-refractivity contribution >= 4 is 28.3 Å². The van der Waals surface area contributed by atoms with Gasteiger partial charge in [-0.05, 0) is 18.6 Å². The van der Waals surface area contributed by atoms with E-state index in [1.807, 2.05) is 6.92 Å². The number of nitrogens with zero attached hydrogens (tertiary/aromatic N) is 2. The van der Waals surface area contributed by atoms with Crippen molar-refractivity contribution in [2.24, 2.45) is 0 Å². The summed E-state index contributed by atoms with van der Waals surface area (Å²) in [4.78, 5) is 31.2. The number of pyridine rings is 1. The highest BCUT2D eigenvalue weighted by Gasteiger charge is 2.11. The third kappa shape index (κ3) is 3.61. The Morgan fingerprint density at radius 3 is 2.90 bits per heavy atom. The highest BCUT2D eigenvalue weighted by Crippen LogP contribution is 2.17. The number of amides is 1. The van der Waals surface area contributed by atoms with Gasteiger partial charge in [0.05, 0.1) is 24.8 Å². The summed E-state index contributed by atoms with van der Waals surface area (Å²) in [7, 11) is 1.32. The zero-order valence-corrected chi connectivity index (χ0v) is 11.9. The number of carbonyl (C=O) groups excluding carboxylic acids is 2. The van der Waals surface area contributed by atoms with E-state index in [-0.39, 0.29) is 18.3 Å². The molecule has 0 saturated carbocycles. The normalized spacial score (nSPS) is 10.1. The standard InChI is InChI=1S/C13H13N3O3S/c1-8-3-9(6-14-5-8)12(18)16-13-15-10(7-20-13)4-11(17)19-2/h3,5-7H,4H2,1-2H3,(H,15,16,18). The lowest BCUT2D eigenvalue weighted by Crippen LogP contribution is -2.12. The van der Waals surface area contributed by atoms with Gasteiger partial charge in [-0.25, -0.2) is 4.98 Å². The van der Waals surface area contributed by atoms with Crippen molar-refractivity contribution in [1.29, 1.82) is 0 Å². The molecular formula is C13H13N3O3S. The molecule has 104 valence electrons. The molecular weight excluding hydrogens is 278 g/mol. The molecule has 0 aliphatic heterocycles. The molecule has 2 aromatic heterocycles. The first-order valence-corrected chi connectivity index (χ1v) is 6.70. The van der Waals surface area contributed by atoms with Crippen LogP contribution in [-0.4, -0.2) is 29.0 Å². The molecule has 0 atom stereocenters. The number of aromatic nitrogens is 2. The molecule has 7 heteroatoms. The van der Waals surface area contributed by atoms with E-state index in [1.165, 1.54) is 24.6 Å². The molecule has 0 aliphatic rings. The van der Waals surface area contributed by atoms with E-state index in [0.29, 0.717) is 16.4 Å². The zero-order valence-electron chi connectivity index (χ0n) is 11.0. The van der Waals surface area contributed by atoms with Crippen LogP contribution in [0.25, 0.3) is 0 Å². The Morgan fingerprint density at radius 1 is 1.40 bits per heavy atom. The summed E-state index contributed by atoms with van der Waals surface area (Å²) >= 11 is 1.26. The maximum atomic E-state index is 12.0. The first-order chi connectivity index (χ1) is 9.58. The number of nitrogens with one attached hydrogen (secondary N) is 1. The number of hydrogen-bond donors (Lipinski definition) is 1. The third-order valence-corrected chi connectivity index (χ3v) is 3.27. The molecule has 0 saturated heterocycles. The number of anilines is 1. The number of rotatable bonds is 4. The Bertz CT molecular complexity index is 639. The predicted molar refractivity (Wildman–Crippen MR) is 74.8 cm³/mol. The topological polar surface area (TPSA) is 81.2 Å². The van der Waals surface area contributed by atoms with Crippen LogP contribution in [0.15, 0.2) is 23.8 Å². The Balaban J connectivity index is 2.03. The van der Waals surface area contributed by atoms with Gasteiger partial charge < -0.3 is 4.74 Å². The summed E-state index contributed by atoms with van der Waals surface area (Å²) < 4.78 is 4.56. The fraction of sp³-hybridized carbons (Fsp3) is 0.231. The largest absolute Gasteiger partial charge is 0.469 e. The van der Waals surface area contributed by atoms with Crippen molar-refractivity contribution in [2.75, 3.05) is 12.4 Å². The number of thiazole rings is 1. The van der Waals surface area contributed by atoms with Gasteiger partial charge in [-0.3, -0.25) is 19.9 Å². The summed E-state index contributed by atoms with van der Waals surface area (Å²) in [5.41, 5.74) is 1.94. The SMILES string of the molecule is COC(=O)Cc1csc(NC(=O)c2cncc(C)c2)n1. The van der Waals surface area contributed by atoms with Crippen LogP contribution in [0, 0.1) is 6.92 Å². The van der Waals surface area contributed by atoms with E-state index in [9.17, 15) is 9.59 Å². The lowest BCUT2D eigenvalue weighted by molar-refractivity contribution is -0.139. The third-order valence-electron chi connectivity index (χ3n) is 2.46. The van der Waals surface area contributed by atoms with Gasteiger partial charge in [-0.15, -0.1) is 11.3 Å². The minimum absolute atomic E-state index is 0.0921. The number of aryl methyl sites for hydroxylation is 1. The number of esters is 1. The van der Waals surface area contributed by atoms with Gasteiger partial charge in [0.25, 0.3) is 5.91 Å². The quantitative estimate of drug-likeness (QED) is 0.869. The number of carbonyl (C=O) groups is 2. The number of methoxy groups -OCH3 is 1. The van der Waals surface area contributed by atoms with Crippen LogP contribution in [0.1, 0.15) is 21.6 Å². The lowest BCUT2D eigenvalue weighted by Gasteiger charge is -2.01. The maximum Gasteiger partial charge on any atom is 0.311 e. The average molecular weight is 291 g/mol. The van der Waals surface area contributed by atoms with E-state index in [1.54, 1.807) is 17.6 Å². The zero-order chi connectivity index (χ0) is 14.5. The van der Waals surface area contributed by atoms with Gasteiger partial charge >= 0.3 is 5.97 Å². The number of hydrogen-bond acceptors (Lipinski definition) is 6. The second kappa shape index (κ2) is 6.25. The molecule has 0 fully saturated rings. The molecule has 0 radical (unpaired) electrons. The van der Waals surface area contributed by atoms with Crippen molar-refractivity contribution in [3.05, 3.63) is 40.7 Å². The van der Waals surface area contributed by atoms with Crippen molar-refractivity contribution in [3.63, 3.8) is 0 Å². The highest BCUT2D eigenvalue weighted by molar-refractivity contribution is 7.14. The molecule has 0 unspecified atom stereocenters. The van der Waals surface area contributed by atoms with Crippen LogP contribution in [-0.2, 0) is 16.0 Å². The predicted octanol–water partition coefficient (Wildman–Crippen LogP) is 1.81. The summed E-state index contributed by atoms with van der Waals surface area (Å²) in [5, 5.41) is 4.82. The van der Waals surface area contributed by atoms with Crippen molar-refractivity contribution in [1.82, 2.24) is 9.97 Å². The van der Waals surface area contributed by atoms with Gasteiger partial charge in [0.15, 0.2) is 5.13 Å². The minimum atomic E-state index is -0.365. The molecule has 0 spiro atoms. The monoisotopic (exact) mass is 291 g/mol. The maximum absolute atomic E-state index is 12.0. The molecule has 2 heterocycles. The fourth-order valence-corrected chi connectivity index (χ4v) is 2.22. The molecule has 2 rings (SSSR count). The second-order valence-electron chi connectivity index (χ2n) is 4.10. The molecule has 0 bridgehead atoms. The molecule has 1 amide bonds. The number of ether oxygens (including phenoxy) is 1. The van der Waals surface area contributed by atoms with Crippen molar-refractivity contribution in [3.8, 4) is 0 Å². The van der Waals surface area contributed by atoms with Crippen LogP contribution >= 0.6 is 11.3 Å². The second-order valence-corrected chi connectivity index (χ2v) is 4.96. The molecule has 20 heavy (non-hydrogen) atoms. The Morgan fingerprint density at radius 2 is 2.20 bits per heavy atom. The van der Waals surface area contributed by atoms with E-state index < -0.39 is 0 Å². The van der Waals surface area contributed by atoms with Gasteiger partial charge in [0, 0.05) is 17.8 Å². The van der Waals surface area contributed by atoms with Gasteiger partial charge in [-0.2, -0.15) is 0 Å². The summed E-state index contributed by atoms with van der Waals surface area (Å²) in [6.45, 7) is 1.86. The minimum Gasteiger partial charge on any atom is -0.469 e. The van der Waals surface area contributed by atoms with E-state index >= 15 is 0 Å². The van der Waals surface area contributed by atoms with Crippen molar-refractivity contribution in [2.45, 2.75) is 13.3 Å².